The van der Waals surface area contributed by atoms with Crippen LogP contribution in [0.4, 0.5) is 0 Å². The lowest BCUT2D eigenvalue weighted by Crippen LogP contribution is -2.50. The van der Waals surface area contributed by atoms with Crippen molar-refractivity contribution in [3.8, 4) is 0 Å². The van der Waals surface area contributed by atoms with Gasteiger partial charge in [0, 0.05) is 6.42 Å². The summed E-state index contributed by atoms with van der Waals surface area (Å²) in [7, 11) is 0. The second-order valence-electron chi connectivity index (χ2n) is 7.88. The van der Waals surface area contributed by atoms with Gasteiger partial charge in [0.2, 0.25) is 0 Å². The topological polar surface area (TPSA) is 34.1 Å². The number of rotatable bonds is 5. The van der Waals surface area contributed by atoms with Gasteiger partial charge in [-0.2, -0.15) is 0 Å². The van der Waals surface area contributed by atoms with Crippen LogP contribution in [0.15, 0.2) is 23.8 Å². The lowest BCUT2D eigenvalue weighted by atomic mass is 9.46. The van der Waals surface area contributed by atoms with Crippen LogP contribution in [0.2, 0.25) is 0 Å². The van der Waals surface area contributed by atoms with E-state index in [1.807, 2.05) is 6.08 Å². The van der Waals surface area contributed by atoms with Crippen molar-refractivity contribution in [1.82, 2.24) is 0 Å². The molecule has 0 radical (unpaired) electrons. The van der Waals surface area contributed by atoms with Crippen molar-refractivity contribution in [1.29, 1.82) is 0 Å². The molecule has 0 heterocycles. The van der Waals surface area contributed by atoms with Crippen LogP contribution in [-0.2, 0) is 9.59 Å². The van der Waals surface area contributed by atoms with E-state index in [1.54, 1.807) is 0 Å². The Labute approximate surface area is 135 Å². The Bertz CT molecular complexity index is 490. The molecule has 2 fully saturated rings. The molecule has 0 N–H and O–H groups in total. The van der Waals surface area contributed by atoms with Crippen molar-refractivity contribution < 1.29 is 9.59 Å². The second kappa shape index (κ2) is 6.52. The van der Waals surface area contributed by atoms with Gasteiger partial charge in [0.05, 0.1) is 0 Å². The van der Waals surface area contributed by atoms with Crippen LogP contribution < -0.4 is 0 Å². The molecule has 0 aromatic carbocycles. The van der Waals surface area contributed by atoms with Gasteiger partial charge in [-0.15, -0.1) is 0 Å². The third-order valence-electron chi connectivity index (χ3n) is 6.84. The molecule has 0 aliphatic heterocycles. The molecule has 2 saturated carbocycles. The fourth-order valence-corrected chi connectivity index (χ4v) is 4.94. The predicted octanol–water partition coefficient (Wildman–Crippen LogP) is 4.89. The average Bonchev–Trinajstić information content (AvgIpc) is 2.50. The summed E-state index contributed by atoms with van der Waals surface area (Å²) in [5, 5.41) is 0. The van der Waals surface area contributed by atoms with Crippen molar-refractivity contribution in [3.63, 3.8) is 0 Å². The summed E-state index contributed by atoms with van der Waals surface area (Å²) >= 11 is 0. The van der Waals surface area contributed by atoms with E-state index in [4.69, 9.17) is 0 Å². The minimum absolute atomic E-state index is 0.188. The van der Waals surface area contributed by atoms with Gasteiger partial charge in [-0.25, -0.2) is 0 Å². The maximum atomic E-state index is 11.1. The van der Waals surface area contributed by atoms with Gasteiger partial charge in [0.25, 0.3) is 0 Å². The highest BCUT2D eigenvalue weighted by Crippen LogP contribution is 2.62. The van der Waals surface area contributed by atoms with Crippen LogP contribution in [0.3, 0.4) is 0 Å². The first-order valence-electron chi connectivity index (χ1n) is 8.64. The van der Waals surface area contributed by atoms with E-state index >= 15 is 0 Å². The smallest absolute Gasteiger partial charge is 0.146 e. The molecule has 0 amide bonds. The van der Waals surface area contributed by atoms with Gasteiger partial charge < -0.3 is 4.79 Å². The van der Waals surface area contributed by atoms with E-state index in [9.17, 15) is 9.59 Å². The van der Waals surface area contributed by atoms with Crippen molar-refractivity contribution in [2.24, 2.45) is 22.7 Å². The third kappa shape index (κ3) is 2.85. The lowest BCUT2D eigenvalue weighted by molar-refractivity contribution is -0.109. The van der Waals surface area contributed by atoms with Gasteiger partial charge in [0.1, 0.15) is 12.6 Å². The van der Waals surface area contributed by atoms with Gasteiger partial charge >= 0.3 is 0 Å². The highest BCUT2D eigenvalue weighted by atomic mass is 16.1. The van der Waals surface area contributed by atoms with E-state index in [0.717, 1.165) is 25.4 Å². The number of allylic oxidation sites excluding steroid dienone is 3. The van der Waals surface area contributed by atoms with Crippen molar-refractivity contribution in [2.45, 2.75) is 65.7 Å². The van der Waals surface area contributed by atoms with E-state index in [1.165, 1.54) is 31.3 Å². The SMILES string of the molecule is C=C1CCC[C@@H]2[C@@](C)(C/C=C(/C=O)CC=O)[C@H](C)CC[C@@]12C. The van der Waals surface area contributed by atoms with Crippen LogP contribution in [0, 0.1) is 22.7 Å². The molecular weight excluding hydrogens is 272 g/mol. The second-order valence-corrected chi connectivity index (χ2v) is 7.88. The molecule has 0 aromatic rings. The molecule has 4 atom stereocenters. The molecule has 0 spiro atoms. The predicted molar refractivity (Wildman–Crippen MR) is 90.5 cm³/mol. The first kappa shape index (κ1) is 17.2. The molecule has 122 valence electrons. The highest BCUT2D eigenvalue weighted by molar-refractivity contribution is 5.78. The van der Waals surface area contributed by atoms with Crippen LogP contribution in [-0.4, -0.2) is 12.6 Å². The number of hydrogen-bond donors (Lipinski definition) is 0. The summed E-state index contributed by atoms with van der Waals surface area (Å²) in [6, 6.07) is 0. The Kier molecular flexibility index (Phi) is 5.09. The van der Waals surface area contributed by atoms with E-state index in [0.29, 0.717) is 17.4 Å². The lowest BCUT2D eigenvalue weighted by Gasteiger charge is -2.58. The number of fused-ring (bicyclic) bond motifs is 1. The Morgan fingerprint density at radius 3 is 2.68 bits per heavy atom. The Morgan fingerprint density at radius 2 is 2.05 bits per heavy atom. The van der Waals surface area contributed by atoms with Crippen molar-refractivity contribution in [2.75, 3.05) is 0 Å². The molecule has 2 aliphatic rings. The molecule has 2 heteroatoms. The fourth-order valence-electron chi connectivity index (χ4n) is 4.94. The molecule has 0 aromatic heterocycles. The zero-order valence-corrected chi connectivity index (χ0v) is 14.4. The molecule has 2 rings (SSSR count). The Balaban J connectivity index is 2.30. The van der Waals surface area contributed by atoms with Crippen LogP contribution >= 0.6 is 0 Å². The summed E-state index contributed by atoms with van der Waals surface area (Å²) in [5.74, 6) is 1.27. The van der Waals surface area contributed by atoms with Crippen LogP contribution in [0.1, 0.15) is 65.7 Å². The summed E-state index contributed by atoms with van der Waals surface area (Å²) in [6.45, 7) is 11.5. The zero-order chi connectivity index (χ0) is 16.4. The van der Waals surface area contributed by atoms with Crippen molar-refractivity contribution in [3.05, 3.63) is 23.8 Å². The first-order valence-corrected chi connectivity index (χ1v) is 8.64. The van der Waals surface area contributed by atoms with Crippen LogP contribution in [0.5, 0.6) is 0 Å². The molecule has 0 bridgehead atoms. The normalized spacial score (nSPS) is 39.2. The molecule has 2 nitrogen and oxygen atoms in total. The van der Waals surface area contributed by atoms with Gasteiger partial charge in [-0.1, -0.05) is 39.0 Å². The number of aldehydes is 2. The van der Waals surface area contributed by atoms with E-state index in [2.05, 4.69) is 27.4 Å². The number of carbonyl (C=O) groups is 2. The summed E-state index contributed by atoms with van der Waals surface area (Å²) < 4.78 is 0. The first-order chi connectivity index (χ1) is 10.4. The standard InChI is InChI=1S/C20H30O2/c1-15-6-5-7-18-19(15,3)11-8-16(2)20(18,4)12-9-17(14-22)10-13-21/h9,13-14,16,18H,1,5-8,10-12H2,2-4H3/b17-9+/t16-,18+,19+,20+/m1/s1. The fraction of sp³-hybridized carbons (Fsp3) is 0.700. The minimum Gasteiger partial charge on any atom is -0.303 e. The summed E-state index contributed by atoms with van der Waals surface area (Å²) in [4.78, 5) is 21.8. The average molecular weight is 302 g/mol. The maximum Gasteiger partial charge on any atom is 0.146 e. The molecular formula is C20H30O2. The number of hydrogen-bond acceptors (Lipinski definition) is 2. The van der Waals surface area contributed by atoms with Gasteiger partial charge in [-0.3, -0.25) is 4.79 Å². The van der Waals surface area contributed by atoms with E-state index < -0.39 is 0 Å². The van der Waals surface area contributed by atoms with E-state index in [-0.39, 0.29) is 17.3 Å². The van der Waals surface area contributed by atoms with Gasteiger partial charge in [0.15, 0.2) is 0 Å². The number of carbonyl (C=O) groups excluding carboxylic acids is 2. The Hall–Kier alpha value is -1.18. The monoisotopic (exact) mass is 302 g/mol. The van der Waals surface area contributed by atoms with Gasteiger partial charge in [-0.05, 0) is 66.8 Å². The minimum atomic E-state index is 0.188. The Morgan fingerprint density at radius 1 is 1.32 bits per heavy atom. The third-order valence-corrected chi connectivity index (χ3v) is 6.84. The molecule has 2 aliphatic carbocycles. The molecule has 22 heavy (non-hydrogen) atoms. The quantitative estimate of drug-likeness (QED) is 0.411. The largest absolute Gasteiger partial charge is 0.303 e. The molecule has 0 saturated heterocycles. The summed E-state index contributed by atoms with van der Waals surface area (Å²) in [6.07, 6.45) is 10.9. The summed E-state index contributed by atoms with van der Waals surface area (Å²) in [5.41, 5.74) is 2.49. The molecule has 0 unspecified atom stereocenters. The highest BCUT2D eigenvalue weighted by Gasteiger charge is 2.53. The van der Waals surface area contributed by atoms with Crippen LogP contribution in [0.25, 0.3) is 0 Å². The maximum absolute atomic E-state index is 11.1. The van der Waals surface area contributed by atoms with Crippen molar-refractivity contribution >= 4 is 12.6 Å². The zero-order valence-electron chi connectivity index (χ0n) is 14.4.